The molecule has 112 valence electrons. The topological polar surface area (TPSA) is 93.0 Å². The maximum Gasteiger partial charge on any atom is 0.353 e. The molecule has 0 unspecified atom stereocenters. The zero-order valence-electron chi connectivity index (χ0n) is 12.6. The Labute approximate surface area is 119 Å². The second-order valence-electron chi connectivity index (χ2n) is 5.36. The molecule has 7 heteroatoms. The molecule has 0 fully saturated rings. The van der Waals surface area contributed by atoms with Gasteiger partial charge in [-0.3, -0.25) is 10.1 Å². The molecular formula is C13H23N5O2. The van der Waals surface area contributed by atoms with Crippen molar-refractivity contribution in [1.82, 2.24) is 9.97 Å². The van der Waals surface area contributed by atoms with Crippen LogP contribution in [0.4, 0.5) is 17.3 Å². The molecule has 0 bridgehead atoms. The van der Waals surface area contributed by atoms with Gasteiger partial charge in [0.05, 0.1) is 4.92 Å². The number of aromatic nitrogens is 2. The highest BCUT2D eigenvalue weighted by Gasteiger charge is 2.27. The highest BCUT2D eigenvalue weighted by atomic mass is 16.6. The second kappa shape index (κ2) is 7.02. The monoisotopic (exact) mass is 281 g/mol. The van der Waals surface area contributed by atoms with E-state index in [0.29, 0.717) is 6.54 Å². The normalized spacial score (nSPS) is 11.2. The Hall–Kier alpha value is -1.92. The molecule has 0 radical (unpaired) electrons. The third-order valence-corrected chi connectivity index (χ3v) is 2.88. The first kappa shape index (κ1) is 16.1. The predicted octanol–water partition coefficient (Wildman–Crippen LogP) is 3.20. The third kappa shape index (κ3) is 4.32. The Kier molecular flexibility index (Phi) is 5.66. The highest BCUT2D eigenvalue weighted by molar-refractivity contribution is 5.69. The van der Waals surface area contributed by atoms with Crippen LogP contribution >= 0.6 is 0 Å². The zero-order chi connectivity index (χ0) is 15.2. The average molecular weight is 281 g/mol. The first-order valence-electron chi connectivity index (χ1n) is 6.92. The van der Waals surface area contributed by atoms with Gasteiger partial charge in [0, 0.05) is 12.1 Å². The lowest BCUT2D eigenvalue weighted by Gasteiger charge is -2.26. The SMILES string of the molecule is CCCNc1ncnc(NC(C)(C)CCC)c1[N+](=O)[O-]. The van der Waals surface area contributed by atoms with Crippen LogP contribution in [-0.2, 0) is 0 Å². The minimum Gasteiger partial charge on any atom is -0.364 e. The molecule has 0 aromatic carbocycles. The van der Waals surface area contributed by atoms with Gasteiger partial charge in [0.2, 0.25) is 11.6 Å². The molecule has 20 heavy (non-hydrogen) atoms. The standard InChI is InChI=1S/C13H23N5O2/c1-5-7-13(3,4)17-12-10(18(19)20)11(14-8-6-2)15-9-16-12/h9H,5-8H2,1-4H3,(H2,14,15,16,17). The molecule has 0 amide bonds. The molecular weight excluding hydrogens is 258 g/mol. The van der Waals surface area contributed by atoms with Crippen molar-refractivity contribution in [1.29, 1.82) is 0 Å². The molecule has 1 rings (SSSR count). The molecule has 0 spiro atoms. The van der Waals surface area contributed by atoms with E-state index in [4.69, 9.17) is 0 Å². The van der Waals surface area contributed by atoms with Gasteiger partial charge in [-0.1, -0.05) is 20.3 Å². The summed E-state index contributed by atoms with van der Waals surface area (Å²) >= 11 is 0. The largest absolute Gasteiger partial charge is 0.364 e. The third-order valence-electron chi connectivity index (χ3n) is 2.88. The van der Waals surface area contributed by atoms with Crippen molar-refractivity contribution >= 4 is 17.3 Å². The number of nitrogens with zero attached hydrogens (tertiary/aromatic N) is 3. The number of hydrogen-bond donors (Lipinski definition) is 2. The number of anilines is 2. The summed E-state index contributed by atoms with van der Waals surface area (Å²) in [5.74, 6) is 0.531. The summed E-state index contributed by atoms with van der Waals surface area (Å²) in [5, 5.41) is 17.4. The lowest BCUT2D eigenvalue weighted by Crippen LogP contribution is -2.31. The average Bonchev–Trinajstić information content (AvgIpc) is 2.35. The summed E-state index contributed by atoms with van der Waals surface area (Å²) in [7, 11) is 0. The van der Waals surface area contributed by atoms with Crippen LogP contribution in [0.1, 0.15) is 47.0 Å². The van der Waals surface area contributed by atoms with Gasteiger partial charge in [-0.25, -0.2) is 9.97 Å². The van der Waals surface area contributed by atoms with Crippen molar-refractivity contribution in [3.63, 3.8) is 0 Å². The second-order valence-corrected chi connectivity index (χ2v) is 5.36. The molecule has 0 aliphatic heterocycles. The van der Waals surface area contributed by atoms with E-state index in [0.717, 1.165) is 19.3 Å². The summed E-state index contributed by atoms with van der Waals surface area (Å²) in [5.41, 5.74) is -0.347. The van der Waals surface area contributed by atoms with E-state index in [9.17, 15) is 10.1 Å². The predicted molar refractivity (Wildman–Crippen MR) is 80.1 cm³/mol. The van der Waals surface area contributed by atoms with E-state index < -0.39 is 4.92 Å². The van der Waals surface area contributed by atoms with Crippen LogP contribution in [0.2, 0.25) is 0 Å². The van der Waals surface area contributed by atoms with Crippen LogP contribution < -0.4 is 10.6 Å². The van der Waals surface area contributed by atoms with Crippen molar-refractivity contribution in [3.05, 3.63) is 16.4 Å². The van der Waals surface area contributed by atoms with Gasteiger partial charge in [0.25, 0.3) is 0 Å². The molecule has 1 aromatic rings. The van der Waals surface area contributed by atoms with E-state index in [-0.39, 0.29) is 22.9 Å². The van der Waals surface area contributed by atoms with Gasteiger partial charge >= 0.3 is 5.69 Å². The zero-order valence-corrected chi connectivity index (χ0v) is 12.6. The van der Waals surface area contributed by atoms with Gasteiger partial charge in [0.1, 0.15) is 6.33 Å². The van der Waals surface area contributed by atoms with Crippen LogP contribution in [0.5, 0.6) is 0 Å². The van der Waals surface area contributed by atoms with E-state index >= 15 is 0 Å². The fourth-order valence-corrected chi connectivity index (χ4v) is 2.02. The summed E-state index contributed by atoms with van der Waals surface area (Å²) in [6.07, 6.45) is 4.09. The minimum absolute atomic E-state index is 0.0925. The molecule has 1 heterocycles. The molecule has 0 aliphatic carbocycles. The minimum atomic E-state index is -0.442. The maximum absolute atomic E-state index is 11.3. The van der Waals surface area contributed by atoms with Crippen LogP contribution in [0.25, 0.3) is 0 Å². The molecule has 7 nitrogen and oxygen atoms in total. The summed E-state index contributed by atoms with van der Waals surface area (Å²) < 4.78 is 0. The molecule has 0 saturated heterocycles. The lowest BCUT2D eigenvalue weighted by atomic mass is 9.99. The van der Waals surface area contributed by atoms with Crippen LogP contribution in [-0.4, -0.2) is 27.0 Å². The highest BCUT2D eigenvalue weighted by Crippen LogP contribution is 2.31. The quantitative estimate of drug-likeness (QED) is 0.561. The van der Waals surface area contributed by atoms with Crippen LogP contribution in [0.15, 0.2) is 6.33 Å². The molecule has 0 saturated carbocycles. The summed E-state index contributed by atoms with van der Waals surface area (Å²) in [4.78, 5) is 18.9. The first-order valence-corrected chi connectivity index (χ1v) is 6.92. The van der Waals surface area contributed by atoms with Crippen molar-refractivity contribution in [2.75, 3.05) is 17.2 Å². The molecule has 0 aliphatic rings. The van der Waals surface area contributed by atoms with Gasteiger partial charge in [-0.15, -0.1) is 0 Å². The van der Waals surface area contributed by atoms with E-state index in [1.165, 1.54) is 6.33 Å². The smallest absolute Gasteiger partial charge is 0.353 e. The number of nitrogens with one attached hydrogen (secondary N) is 2. The Morgan fingerprint density at radius 3 is 2.45 bits per heavy atom. The Morgan fingerprint density at radius 2 is 1.90 bits per heavy atom. The van der Waals surface area contributed by atoms with Gasteiger partial charge in [-0.2, -0.15) is 0 Å². The van der Waals surface area contributed by atoms with Gasteiger partial charge in [0.15, 0.2) is 0 Å². The maximum atomic E-state index is 11.3. The van der Waals surface area contributed by atoms with Crippen LogP contribution in [0, 0.1) is 10.1 Å². The van der Waals surface area contributed by atoms with Crippen molar-refractivity contribution < 1.29 is 4.92 Å². The number of rotatable bonds is 8. The fraction of sp³-hybridized carbons (Fsp3) is 0.692. The Balaban J connectivity index is 3.09. The Morgan fingerprint density at radius 1 is 1.25 bits per heavy atom. The summed E-state index contributed by atoms with van der Waals surface area (Å²) in [6, 6.07) is 0. The molecule has 2 N–H and O–H groups in total. The number of nitro groups is 1. The van der Waals surface area contributed by atoms with Crippen molar-refractivity contribution in [3.8, 4) is 0 Å². The van der Waals surface area contributed by atoms with E-state index in [1.807, 2.05) is 20.8 Å². The fourth-order valence-electron chi connectivity index (χ4n) is 2.02. The molecule has 0 atom stereocenters. The van der Waals surface area contributed by atoms with Crippen molar-refractivity contribution in [2.24, 2.45) is 0 Å². The van der Waals surface area contributed by atoms with E-state index in [2.05, 4.69) is 27.5 Å². The van der Waals surface area contributed by atoms with Crippen LogP contribution in [0.3, 0.4) is 0 Å². The van der Waals surface area contributed by atoms with Crippen molar-refractivity contribution in [2.45, 2.75) is 52.5 Å². The first-order chi connectivity index (χ1) is 9.41. The lowest BCUT2D eigenvalue weighted by molar-refractivity contribution is -0.383. The summed E-state index contributed by atoms with van der Waals surface area (Å²) in [6.45, 7) is 8.70. The van der Waals surface area contributed by atoms with Gasteiger partial charge in [-0.05, 0) is 26.7 Å². The Bertz CT molecular complexity index is 462. The number of hydrogen-bond acceptors (Lipinski definition) is 6. The van der Waals surface area contributed by atoms with Gasteiger partial charge < -0.3 is 10.6 Å². The van der Waals surface area contributed by atoms with E-state index in [1.54, 1.807) is 0 Å². The molecule has 1 aromatic heterocycles.